The molecule has 3 N–H and O–H groups in total. The van der Waals surface area contributed by atoms with Crippen molar-refractivity contribution in [2.24, 2.45) is 0 Å². The van der Waals surface area contributed by atoms with E-state index in [9.17, 15) is 4.79 Å². The normalized spacial score (nSPS) is 10.2. The van der Waals surface area contributed by atoms with E-state index >= 15 is 0 Å². The van der Waals surface area contributed by atoms with Crippen LogP contribution in [0.2, 0.25) is 0 Å². The summed E-state index contributed by atoms with van der Waals surface area (Å²) in [6.45, 7) is 3.65. The zero-order valence-electron chi connectivity index (χ0n) is 9.52. The van der Waals surface area contributed by atoms with Gasteiger partial charge < -0.3 is 11.1 Å². The first-order chi connectivity index (χ1) is 8.08. The smallest absolute Gasteiger partial charge is 0.269 e. The van der Waals surface area contributed by atoms with E-state index in [1.807, 2.05) is 13.0 Å². The van der Waals surface area contributed by atoms with Crippen LogP contribution in [0.1, 0.15) is 20.9 Å². The summed E-state index contributed by atoms with van der Waals surface area (Å²) in [4.78, 5) is 12.5. The third kappa shape index (κ3) is 2.42. The lowest BCUT2D eigenvalue weighted by Gasteiger charge is -2.07. The highest BCUT2D eigenvalue weighted by Crippen LogP contribution is 2.19. The summed E-state index contributed by atoms with van der Waals surface area (Å²) in [6.07, 6.45) is 0. The highest BCUT2D eigenvalue weighted by molar-refractivity contribution is 7.08. The summed E-state index contributed by atoms with van der Waals surface area (Å²) in [5.74, 6) is -0.189. The highest BCUT2D eigenvalue weighted by Gasteiger charge is 2.13. The number of carbonyl (C=O) groups is 1. The Hall–Kier alpha value is -1.95. The first-order valence-electron chi connectivity index (χ1n) is 5.04. The number of carbonyl (C=O) groups excluding carboxylic acids is 1. The molecule has 1 heterocycles. The molecule has 0 saturated carbocycles. The predicted octanol–water partition coefficient (Wildman–Crippen LogP) is 1.99. The molecule has 0 atom stereocenters. The van der Waals surface area contributed by atoms with Crippen LogP contribution in [0, 0.1) is 13.8 Å². The number of benzene rings is 1. The number of aryl methyl sites for hydroxylation is 2. The molecule has 0 aliphatic carbocycles. The van der Waals surface area contributed by atoms with Crippen LogP contribution in [0.5, 0.6) is 0 Å². The lowest BCUT2D eigenvalue weighted by molar-refractivity contribution is 0.102. The minimum absolute atomic E-state index is 0.189. The molecular formula is C11H12N4OS. The molecule has 5 nitrogen and oxygen atoms in total. The third-order valence-corrected chi connectivity index (χ3v) is 3.18. The largest absolute Gasteiger partial charge is 0.399 e. The Morgan fingerprint density at radius 2 is 2.18 bits per heavy atom. The number of nitrogens with zero attached hydrogens (tertiary/aromatic N) is 2. The molecule has 0 radical (unpaired) electrons. The maximum Gasteiger partial charge on any atom is 0.269 e. The van der Waals surface area contributed by atoms with Gasteiger partial charge in [0, 0.05) is 11.4 Å². The van der Waals surface area contributed by atoms with Crippen LogP contribution < -0.4 is 11.1 Å². The minimum atomic E-state index is -0.189. The summed E-state index contributed by atoms with van der Waals surface area (Å²) in [5.41, 5.74) is 8.63. The van der Waals surface area contributed by atoms with Crippen LogP contribution in [-0.4, -0.2) is 15.5 Å². The lowest BCUT2D eigenvalue weighted by Crippen LogP contribution is -2.12. The van der Waals surface area contributed by atoms with Gasteiger partial charge in [-0.3, -0.25) is 4.79 Å². The van der Waals surface area contributed by atoms with Crippen LogP contribution in [0.4, 0.5) is 11.4 Å². The van der Waals surface area contributed by atoms with Crippen molar-refractivity contribution in [1.29, 1.82) is 0 Å². The summed E-state index contributed by atoms with van der Waals surface area (Å²) in [7, 11) is 0. The number of hydrogen-bond donors (Lipinski definition) is 2. The number of aromatic nitrogens is 2. The fourth-order valence-corrected chi connectivity index (χ4v) is 2.00. The molecule has 0 unspecified atom stereocenters. The standard InChI is InChI=1S/C11H12N4OS/c1-6-5-8(12)3-4-9(6)13-11(16)10-7(2)14-15-17-10/h3-5H,12H2,1-2H3,(H,13,16). The molecule has 0 saturated heterocycles. The molecule has 0 fully saturated rings. The first kappa shape index (κ1) is 11.5. The molecule has 0 aliphatic rings. The number of amides is 1. The van der Waals surface area contributed by atoms with E-state index in [1.54, 1.807) is 19.1 Å². The highest BCUT2D eigenvalue weighted by atomic mass is 32.1. The van der Waals surface area contributed by atoms with Crippen molar-refractivity contribution in [3.8, 4) is 0 Å². The van der Waals surface area contributed by atoms with Crippen molar-refractivity contribution in [2.75, 3.05) is 11.1 Å². The molecule has 1 aromatic carbocycles. The van der Waals surface area contributed by atoms with Crippen molar-refractivity contribution in [3.63, 3.8) is 0 Å². The van der Waals surface area contributed by atoms with Gasteiger partial charge in [0.2, 0.25) is 0 Å². The van der Waals surface area contributed by atoms with Crippen molar-refractivity contribution in [2.45, 2.75) is 13.8 Å². The van der Waals surface area contributed by atoms with Gasteiger partial charge in [0.1, 0.15) is 4.88 Å². The monoisotopic (exact) mass is 248 g/mol. The molecule has 1 aromatic heterocycles. The quantitative estimate of drug-likeness (QED) is 0.796. The van der Waals surface area contributed by atoms with Gasteiger partial charge in [-0.2, -0.15) is 0 Å². The number of rotatable bonds is 2. The molecule has 0 spiro atoms. The fraction of sp³-hybridized carbons (Fsp3) is 0.182. The summed E-state index contributed by atoms with van der Waals surface area (Å²) in [5, 5.41) is 6.62. The number of hydrogen-bond acceptors (Lipinski definition) is 5. The average molecular weight is 248 g/mol. The van der Waals surface area contributed by atoms with E-state index in [4.69, 9.17) is 5.73 Å². The number of anilines is 2. The number of nitrogens with two attached hydrogens (primary N) is 1. The summed E-state index contributed by atoms with van der Waals surface area (Å²) >= 11 is 1.09. The third-order valence-electron chi connectivity index (χ3n) is 2.36. The minimum Gasteiger partial charge on any atom is -0.399 e. The average Bonchev–Trinajstić information content (AvgIpc) is 2.68. The number of nitrogen functional groups attached to an aromatic ring is 1. The van der Waals surface area contributed by atoms with Crippen molar-refractivity contribution in [3.05, 3.63) is 34.3 Å². The van der Waals surface area contributed by atoms with E-state index in [1.165, 1.54) is 0 Å². The van der Waals surface area contributed by atoms with Gasteiger partial charge in [-0.1, -0.05) is 4.49 Å². The maximum absolute atomic E-state index is 11.9. The van der Waals surface area contributed by atoms with Gasteiger partial charge in [-0.15, -0.1) is 5.10 Å². The van der Waals surface area contributed by atoms with Gasteiger partial charge in [-0.05, 0) is 49.1 Å². The molecular weight excluding hydrogens is 236 g/mol. The molecule has 0 bridgehead atoms. The van der Waals surface area contributed by atoms with Crippen LogP contribution in [0.15, 0.2) is 18.2 Å². The molecule has 17 heavy (non-hydrogen) atoms. The zero-order valence-corrected chi connectivity index (χ0v) is 10.3. The Morgan fingerprint density at radius 1 is 1.41 bits per heavy atom. The molecule has 88 valence electrons. The first-order valence-corrected chi connectivity index (χ1v) is 5.81. The summed E-state index contributed by atoms with van der Waals surface area (Å²) in [6, 6.07) is 5.35. The van der Waals surface area contributed by atoms with Crippen molar-refractivity contribution >= 4 is 28.8 Å². The van der Waals surface area contributed by atoms with E-state index < -0.39 is 0 Å². The SMILES string of the molecule is Cc1cc(N)ccc1NC(=O)c1snnc1C. The Bertz CT molecular complexity index is 564. The van der Waals surface area contributed by atoms with Crippen LogP contribution in [-0.2, 0) is 0 Å². The lowest BCUT2D eigenvalue weighted by atomic mass is 10.2. The molecule has 6 heteroatoms. The van der Waals surface area contributed by atoms with Gasteiger partial charge in [0.15, 0.2) is 0 Å². The van der Waals surface area contributed by atoms with Crippen LogP contribution in [0.25, 0.3) is 0 Å². The topological polar surface area (TPSA) is 80.9 Å². The van der Waals surface area contributed by atoms with Gasteiger partial charge in [0.05, 0.1) is 5.69 Å². The Labute approximate surface area is 103 Å². The maximum atomic E-state index is 11.9. The van der Waals surface area contributed by atoms with E-state index in [0.717, 1.165) is 22.8 Å². The fourth-order valence-electron chi connectivity index (χ4n) is 1.45. The molecule has 2 rings (SSSR count). The number of nitrogens with one attached hydrogen (secondary N) is 1. The van der Waals surface area contributed by atoms with Crippen molar-refractivity contribution in [1.82, 2.24) is 9.59 Å². The van der Waals surface area contributed by atoms with Gasteiger partial charge >= 0.3 is 0 Å². The van der Waals surface area contributed by atoms with E-state index in [2.05, 4.69) is 14.9 Å². The van der Waals surface area contributed by atoms with E-state index in [0.29, 0.717) is 16.3 Å². The van der Waals surface area contributed by atoms with Gasteiger partial charge in [-0.25, -0.2) is 0 Å². The Balaban J connectivity index is 2.22. The van der Waals surface area contributed by atoms with Gasteiger partial charge in [0.25, 0.3) is 5.91 Å². The predicted molar refractivity (Wildman–Crippen MR) is 68.2 cm³/mol. The second-order valence-electron chi connectivity index (χ2n) is 3.72. The van der Waals surface area contributed by atoms with Crippen molar-refractivity contribution < 1.29 is 4.79 Å². The molecule has 1 amide bonds. The van der Waals surface area contributed by atoms with Crippen LogP contribution >= 0.6 is 11.5 Å². The zero-order chi connectivity index (χ0) is 12.4. The second kappa shape index (κ2) is 4.50. The Morgan fingerprint density at radius 3 is 2.76 bits per heavy atom. The summed E-state index contributed by atoms with van der Waals surface area (Å²) < 4.78 is 3.73. The second-order valence-corrected chi connectivity index (χ2v) is 4.47. The molecule has 2 aromatic rings. The van der Waals surface area contributed by atoms with Crippen LogP contribution in [0.3, 0.4) is 0 Å². The van der Waals surface area contributed by atoms with E-state index in [-0.39, 0.29) is 5.91 Å². The Kier molecular flexibility index (Phi) is 3.06. The molecule has 0 aliphatic heterocycles.